The van der Waals surface area contributed by atoms with Gasteiger partial charge in [0, 0.05) is 18.1 Å². The van der Waals surface area contributed by atoms with Crippen LogP contribution in [0.1, 0.15) is 67.1 Å². The van der Waals surface area contributed by atoms with Crippen LogP contribution < -0.4 is 24.4 Å². The Bertz CT molecular complexity index is 1970. The lowest BCUT2D eigenvalue weighted by Crippen LogP contribution is -2.43. The zero-order chi connectivity index (χ0) is 33.1. The maximum Gasteiger partial charge on any atom is 0.271 e. The van der Waals surface area contributed by atoms with E-state index >= 15 is 0 Å². The number of rotatable bonds is 10. The average molecular weight is 658 g/mol. The lowest BCUT2D eigenvalue weighted by atomic mass is 9.94. The first-order chi connectivity index (χ1) is 22.1. The Morgan fingerprint density at radius 3 is 2.26 bits per heavy atom. The van der Waals surface area contributed by atoms with Crippen LogP contribution in [0.4, 0.5) is 0 Å². The van der Waals surface area contributed by atoms with Gasteiger partial charge in [-0.2, -0.15) is 0 Å². The van der Waals surface area contributed by atoms with E-state index in [0.717, 1.165) is 16.7 Å². The van der Waals surface area contributed by atoms with Crippen LogP contribution in [-0.2, 0) is 11.4 Å². The number of hydrogen-bond acceptors (Lipinski definition) is 6. The lowest BCUT2D eigenvalue weighted by molar-refractivity contribution is -0.127. The standard InChI is InChI=1S/C37H40ClN3O4S/c1-8-40(9-2)36(43)33-25(7)39-37-41(34(33)27-12-14-28(38)15-13-27)35(42)32(46-37)20-26-11-16-30(31(19-26)44-10-3)45-21-29-23(5)17-22(4)18-24(29)6/h11-20,34H,8-10,21H2,1-7H3/b32-20+/t34-/m0/s1. The fourth-order valence-electron chi connectivity index (χ4n) is 5.98. The summed E-state index contributed by atoms with van der Waals surface area (Å²) in [5.74, 6) is 1.11. The van der Waals surface area contributed by atoms with Gasteiger partial charge in [0.2, 0.25) is 0 Å². The van der Waals surface area contributed by atoms with E-state index in [-0.39, 0.29) is 11.5 Å². The average Bonchev–Trinajstić information content (AvgIpc) is 3.31. The van der Waals surface area contributed by atoms with Gasteiger partial charge >= 0.3 is 0 Å². The molecule has 7 nitrogen and oxygen atoms in total. The van der Waals surface area contributed by atoms with Gasteiger partial charge in [-0.3, -0.25) is 14.2 Å². The monoisotopic (exact) mass is 657 g/mol. The number of thiazole rings is 1. The second-order valence-electron chi connectivity index (χ2n) is 11.4. The SMILES string of the molecule is CCOc1cc(/C=c2/sc3n(c2=O)[C@@H](c2ccc(Cl)cc2)C(C(=O)N(CC)CC)=C(C)N=3)ccc1OCc1c(C)cc(C)cc1C. The molecule has 1 amide bonds. The third-order valence-corrected chi connectivity index (χ3v) is 9.50. The molecule has 0 aliphatic carbocycles. The first-order valence-corrected chi connectivity index (χ1v) is 16.8. The predicted octanol–water partition coefficient (Wildman–Crippen LogP) is 6.66. The molecular weight excluding hydrogens is 618 g/mol. The molecule has 0 unspecified atom stereocenters. The van der Waals surface area contributed by atoms with Crippen molar-refractivity contribution in [2.45, 2.75) is 61.1 Å². The molecule has 9 heteroatoms. The van der Waals surface area contributed by atoms with E-state index in [0.29, 0.717) is 63.4 Å². The summed E-state index contributed by atoms with van der Waals surface area (Å²) in [6, 6.07) is 16.7. The number of aromatic nitrogens is 1. The highest BCUT2D eigenvalue weighted by atomic mass is 35.5. The molecule has 0 bridgehead atoms. The minimum Gasteiger partial charge on any atom is -0.490 e. The smallest absolute Gasteiger partial charge is 0.271 e. The van der Waals surface area contributed by atoms with E-state index in [1.807, 2.05) is 64.1 Å². The van der Waals surface area contributed by atoms with Gasteiger partial charge in [-0.25, -0.2) is 4.99 Å². The molecule has 1 aromatic heterocycles. The van der Waals surface area contributed by atoms with Crippen molar-refractivity contribution in [1.82, 2.24) is 9.47 Å². The van der Waals surface area contributed by atoms with Gasteiger partial charge in [0.05, 0.1) is 28.5 Å². The largest absolute Gasteiger partial charge is 0.490 e. The summed E-state index contributed by atoms with van der Waals surface area (Å²) < 4.78 is 14.4. The van der Waals surface area contributed by atoms with Gasteiger partial charge in [-0.05, 0) is 107 Å². The Labute approximate surface area is 279 Å². The predicted molar refractivity (Wildman–Crippen MR) is 186 cm³/mol. The first kappa shape index (κ1) is 33.2. The summed E-state index contributed by atoms with van der Waals surface area (Å²) in [4.78, 5) is 35.0. The normalized spacial score (nSPS) is 14.6. The molecule has 4 aromatic rings. The van der Waals surface area contributed by atoms with Crippen LogP contribution in [0.15, 0.2) is 75.7 Å². The number of allylic oxidation sites excluding steroid dienone is 1. The maximum absolute atomic E-state index is 14.1. The molecule has 0 saturated heterocycles. The molecule has 3 aromatic carbocycles. The summed E-state index contributed by atoms with van der Waals surface area (Å²) in [5.41, 5.74) is 7.22. The van der Waals surface area contributed by atoms with Gasteiger partial charge in [0.1, 0.15) is 6.61 Å². The molecule has 0 spiro atoms. The highest BCUT2D eigenvalue weighted by molar-refractivity contribution is 7.07. The summed E-state index contributed by atoms with van der Waals surface area (Å²) in [6.45, 7) is 15.9. The number of benzene rings is 3. The molecule has 46 heavy (non-hydrogen) atoms. The maximum atomic E-state index is 14.1. The number of hydrogen-bond donors (Lipinski definition) is 0. The minimum atomic E-state index is -0.632. The number of likely N-dealkylation sites (N-methyl/N-ethyl adjacent to an activating group) is 1. The van der Waals surface area contributed by atoms with Crippen molar-refractivity contribution in [2.24, 2.45) is 4.99 Å². The number of nitrogens with zero attached hydrogens (tertiary/aromatic N) is 3. The van der Waals surface area contributed by atoms with Crippen molar-refractivity contribution in [2.75, 3.05) is 19.7 Å². The third-order valence-electron chi connectivity index (χ3n) is 8.27. The molecule has 5 rings (SSSR count). The second-order valence-corrected chi connectivity index (χ2v) is 12.9. The van der Waals surface area contributed by atoms with E-state index in [1.54, 1.807) is 21.6 Å². The van der Waals surface area contributed by atoms with Crippen molar-refractivity contribution in [1.29, 1.82) is 0 Å². The van der Waals surface area contributed by atoms with Crippen molar-refractivity contribution >= 4 is 34.9 Å². The summed E-state index contributed by atoms with van der Waals surface area (Å²) >= 11 is 7.52. The van der Waals surface area contributed by atoms with Gasteiger partial charge in [0.15, 0.2) is 16.3 Å². The number of amides is 1. The minimum absolute atomic E-state index is 0.131. The molecule has 0 radical (unpaired) electrons. The number of carbonyl (C=O) groups excluding carboxylic acids is 1. The number of ether oxygens (including phenoxy) is 2. The van der Waals surface area contributed by atoms with Crippen LogP contribution in [0, 0.1) is 20.8 Å². The van der Waals surface area contributed by atoms with Crippen molar-refractivity contribution < 1.29 is 14.3 Å². The Morgan fingerprint density at radius 2 is 1.63 bits per heavy atom. The highest BCUT2D eigenvalue weighted by Crippen LogP contribution is 2.33. The fourth-order valence-corrected chi connectivity index (χ4v) is 7.15. The summed E-state index contributed by atoms with van der Waals surface area (Å²) in [6.07, 6.45) is 1.84. The van der Waals surface area contributed by atoms with Crippen LogP contribution in [-0.4, -0.2) is 35.1 Å². The second kappa shape index (κ2) is 14.1. The highest BCUT2D eigenvalue weighted by Gasteiger charge is 2.34. The lowest BCUT2D eigenvalue weighted by Gasteiger charge is -2.29. The molecule has 1 aliphatic rings. The number of halogens is 1. The zero-order valence-electron chi connectivity index (χ0n) is 27.4. The van der Waals surface area contributed by atoms with Gasteiger partial charge in [-0.15, -0.1) is 0 Å². The van der Waals surface area contributed by atoms with Gasteiger partial charge in [0.25, 0.3) is 11.5 Å². The molecule has 0 fully saturated rings. The number of carbonyl (C=O) groups is 1. The third kappa shape index (κ3) is 6.69. The van der Waals surface area contributed by atoms with Crippen LogP contribution in [0.5, 0.6) is 11.5 Å². The Kier molecular flexibility index (Phi) is 10.2. The summed E-state index contributed by atoms with van der Waals surface area (Å²) in [7, 11) is 0. The van der Waals surface area contributed by atoms with Crippen molar-refractivity contribution in [3.05, 3.63) is 124 Å². The molecule has 2 heterocycles. The van der Waals surface area contributed by atoms with E-state index in [4.69, 9.17) is 26.1 Å². The zero-order valence-corrected chi connectivity index (χ0v) is 29.0. The topological polar surface area (TPSA) is 73.1 Å². The molecular formula is C37H40ClN3O4S. The molecule has 0 saturated carbocycles. The Balaban J connectivity index is 1.56. The van der Waals surface area contributed by atoms with Gasteiger partial charge in [-0.1, -0.05) is 58.8 Å². The van der Waals surface area contributed by atoms with E-state index in [9.17, 15) is 9.59 Å². The molecule has 0 N–H and O–H groups in total. The Morgan fingerprint density at radius 1 is 0.957 bits per heavy atom. The first-order valence-electron chi connectivity index (χ1n) is 15.6. The van der Waals surface area contributed by atoms with Crippen molar-refractivity contribution in [3.8, 4) is 11.5 Å². The van der Waals surface area contributed by atoms with E-state index in [1.165, 1.54) is 28.0 Å². The van der Waals surface area contributed by atoms with Crippen molar-refractivity contribution in [3.63, 3.8) is 0 Å². The van der Waals surface area contributed by atoms with E-state index in [2.05, 4.69) is 32.9 Å². The molecule has 1 atom stereocenters. The Hall–Kier alpha value is -4.14. The van der Waals surface area contributed by atoms with E-state index < -0.39 is 6.04 Å². The molecule has 240 valence electrons. The summed E-state index contributed by atoms with van der Waals surface area (Å²) in [5, 5.41) is 0.579. The fraction of sp³-hybridized carbons (Fsp3) is 0.324. The van der Waals surface area contributed by atoms with Gasteiger partial charge < -0.3 is 14.4 Å². The quantitative estimate of drug-likeness (QED) is 0.191. The van der Waals surface area contributed by atoms with Crippen LogP contribution in [0.2, 0.25) is 5.02 Å². The molecule has 1 aliphatic heterocycles. The van der Waals surface area contributed by atoms with Crippen LogP contribution in [0.25, 0.3) is 6.08 Å². The number of fused-ring (bicyclic) bond motifs is 1. The van der Waals surface area contributed by atoms with Crippen LogP contribution in [0.3, 0.4) is 0 Å². The number of aryl methyl sites for hydroxylation is 3. The van der Waals surface area contributed by atoms with Crippen LogP contribution >= 0.6 is 22.9 Å².